The smallest absolute Gasteiger partial charge is 0.239 e. The molecule has 0 saturated carbocycles. The Bertz CT molecular complexity index is 630. The monoisotopic (exact) mass is 342 g/mol. The Morgan fingerprint density at radius 2 is 1.80 bits per heavy atom. The highest BCUT2D eigenvalue weighted by molar-refractivity contribution is 6.09. The molecule has 2 amide bonds. The molecule has 1 aliphatic rings. The Kier molecular flexibility index (Phi) is 6.80. The second-order valence-electron chi connectivity index (χ2n) is 7.24. The van der Waals surface area contributed by atoms with Crippen molar-refractivity contribution in [2.24, 2.45) is 5.41 Å². The molecular weight excluding hydrogens is 312 g/mol. The van der Waals surface area contributed by atoms with E-state index < -0.39 is 5.41 Å². The van der Waals surface area contributed by atoms with Crippen LogP contribution in [-0.4, -0.2) is 18.4 Å². The van der Waals surface area contributed by atoms with Gasteiger partial charge in [-0.2, -0.15) is 0 Å². The third-order valence-corrected chi connectivity index (χ3v) is 4.87. The summed E-state index contributed by atoms with van der Waals surface area (Å²) in [6.45, 7) is 6.01. The maximum atomic E-state index is 12.5. The maximum Gasteiger partial charge on any atom is 0.239 e. The minimum Gasteiger partial charge on any atom is -0.355 e. The summed E-state index contributed by atoms with van der Waals surface area (Å²) in [6, 6.07) is 7.72. The van der Waals surface area contributed by atoms with Gasteiger partial charge in [-0.25, -0.2) is 0 Å². The second kappa shape index (κ2) is 8.84. The maximum absolute atomic E-state index is 12.5. The van der Waals surface area contributed by atoms with E-state index >= 15 is 0 Å². The molecule has 0 unspecified atom stereocenters. The van der Waals surface area contributed by atoms with Crippen molar-refractivity contribution in [3.8, 4) is 0 Å². The Hall–Kier alpha value is -2.10. The number of rotatable bonds is 7. The van der Waals surface area contributed by atoms with Gasteiger partial charge in [-0.15, -0.1) is 0 Å². The fourth-order valence-corrected chi connectivity index (χ4v) is 2.90. The molecule has 136 valence electrons. The predicted octanol–water partition coefficient (Wildman–Crippen LogP) is 4.22. The number of hydrogen-bond acceptors (Lipinski definition) is 2. The molecule has 1 aromatic rings. The number of nitrogens with one attached hydrogen (secondary N) is 2. The van der Waals surface area contributed by atoms with Gasteiger partial charge in [0.05, 0.1) is 0 Å². The molecule has 2 rings (SSSR count). The Morgan fingerprint density at radius 3 is 2.40 bits per heavy atom. The quantitative estimate of drug-likeness (QED) is 0.576. The molecule has 0 fully saturated rings. The fourth-order valence-electron chi connectivity index (χ4n) is 2.90. The van der Waals surface area contributed by atoms with Crippen LogP contribution in [0.1, 0.15) is 58.4 Å². The molecule has 0 saturated heterocycles. The highest BCUT2D eigenvalue weighted by Gasteiger charge is 2.35. The van der Waals surface area contributed by atoms with E-state index in [-0.39, 0.29) is 11.8 Å². The number of benzene rings is 1. The first-order chi connectivity index (χ1) is 11.9. The standard InChI is InChI=1S/C21H30N2O2/c1-4-16-10-12-18(13-11-16)23-20(25)21(2,3)19(24)22-15-14-17-8-6-5-7-9-17/h8,10-13H,4-7,9,14-15H2,1-3H3,(H,22,24)(H,23,25). The minimum atomic E-state index is -1.11. The van der Waals surface area contributed by atoms with Crippen LogP contribution in [0.4, 0.5) is 5.69 Å². The Balaban J connectivity index is 1.85. The van der Waals surface area contributed by atoms with E-state index in [1.54, 1.807) is 13.8 Å². The average molecular weight is 342 g/mol. The van der Waals surface area contributed by atoms with Gasteiger partial charge in [-0.05, 0) is 70.1 Å². The molecule has 0 atom stereocenters. The molecular formula is C21H30N2O2. The van der Waals surface area contributed by atoms with Crippen LogP contribution in [0.3, 0.4) is 0 Å². The molecule has 4 heteroatoms. The number of carbonyl (C=O) groups is 2. The van der Waals surface area contributed by atoms with Crippen LogP contribution in [0.25, 0.3) is 0 Å². The summed E-state index contributed by atoms with van der Waals surface area (Å²) in [6.07, 6.45) is 8.91. The van der Waals surface area contributed by atoms with Crippen LogP contribution < -0.4 is 10.6 Å². The van der Waals surface area contributed by atoms with Crippen molar-refractivity contribution < 1.29 is 9.59 Å². The van der Waals surface area contributed by atoms with E-state index in [2.05, 4.69) is 23.6 Å². The first-order valence-electron chi connectivity index (χ1n) is 9.30. The molecule has 0 aliphatic heterocycles. The zero-order valence-electron chi connectivity index (χ0n) is 15.7. The third kappa shape index (κ3) is 5.45. The summed E-state index contributed by atoms with van der Waals surface area (Å²) in [5, 5.41) is 5.76. The van der Waals surface area contributed by atoms with E-state index in [1.165, 1.54) is 24.0 Å². The van der Waals surface area contributed by atoms with E-state index in [4.69, 9.17) is 0 Å². The van der Waals surface area contributed by atoms with Gasteiger partial charge in [0.2, 0.25) is 11.8 Å². The van der Waals surface area contributed by atoms with Crippen LogP contribution >= 0.6 is 0 Å². The van der Waals surface area contributed by atoms with Crippen LogP contribution in [0.2, 0.25) is 0 Å². The molecule has 4 nitrogen and oxygen atoms in total. The van der Waals surface area contributed by atoms with Crippen LogP contribution in [0, 0.1) is 5.41 Å². The molecule has 0 bridgehead atoms. The molecule has 0 aromatic heterocycles. The summed E-state index contributed by atoms with van der Waals surface area (Å²) in [4.78, 5) is 25.0. The molecule has 1 aliphatic carbocycles. The SMILES string of the molecule is CCc1ccc(NC(=O)C(C)(C)C(=O)NCCC2=CCCCC2)cc1. The van der Waals surface area contributed by atoms with E-state index in [0.29, 0.717) is 6.54 Å². The average Bonchev–Trinajstić information content (AvgIpc) is 2.63. The molecule has 2 N–H and O–H groups in total. The lowest BCUT2D eigenvalue weighted by Gasteiger charge is -2.23. The van der Waals surface area contributed by atoms with E-state index in [9.17, 15) is 9.59 Å². The van der Waals surface area contributed by atoms with Crippen LogP contribution in [-0.2, 0) is 16.0 Å². The number of anilines is 1. The van der Waals surface area contributed by atoms with Crippen molar-refractivity contribution in [3.05, 3.63) is 41.5 Å². The van der Waals surface area contributed by atoms with Gasteiger partial charge >= 0.3 is 0 Å². The van der Waals surface area contributed by atoms with Gasteiger partial charge < -0.3 is 10.6 Å². The Labute approximate surface area is 151 Å². The van der Waals surface area contributed by atoms with Crippen molar-refractivity contribution in [1.29, 1.82) is 0 Å². The van der Waals surface area contributed by atoms with E-state index in [0.717, 1.165) is 31.4 Å². The summed E-state index contributed by atoms with van der Waals surface area (Å²) >= 11 is 0. The van der Waals surface area contributed by atoms with Crippen LogP contribution in [0.5, 0.6) is 0 Å². The number of aryl methyl sites for hydroxylation is 1. The van der Waals surface area contributed by atoms with Crippen molar-refractivity contribution in [2.45, 2.75) is 59.3 Å². The van der Waals surface area contributed by atoms with Gasteiger partial charge in [-0.3, -0.25) is 9.59 Å². The highest BCUT2D eigenvalue weighted by Crippen LogP contribution is 2.21. The molecule has 1 aromatic carbocycles. The van der Waals surface area contributed by atoms with Gasteiger partial charge in [0.1, 0.15) is 5.41 Å². The molecule has 25 heavy (non-hydrogen) atoms. The topological polar surface area (TPSA) is 58.2 Å². The highest BCUT2D eigenvalue weighted by atomic mass is 16.2. The van der Waals surface area contributed by atoms with E-state index in [1.807, 2.05) is 24.3 Å². The molecule has 0 spiro atoms. The number of allylic oxidation sites excluding steroid dienone is 1. The third-order valence-electron chi connectivity index (χ3n) is 4.87. The van der Waals surface area contributed by atoms with Crippen LogP contribution in [0.15, 0.2) is 35.9 Å². The lowest BCUT2D eigenvalue weighted by atomic mass is 9.90. The number of amides is 2. The summed E-state index contributed by atoms with van der Waals surface area (Å²) in [5.41, 5.74) is 2.25. The summed E-state index contributed by atoms with van der Waals surface area (Å²) in [7, 11) is 0. The predicted molar refractivity (Wildman–Crippen MR) is 102 cm³/mol. The summed E-state index contributed by atoms with van der Waals surface area (Å²) in [5.74, 6) is -0.516. The molecule has 0 radical (unpaired) electrons. The van der Waals surface area contributed by atoms with Crippen molar-refractivity contribution in [1.82, 2.24) is 5.32 Å². The van der Waals surface area contributed by atoms with Crippen molar-refractivity contribution >= 4 is 17.5 Å². The van der Waals surface area contributed by atoms with Gasteiger partial charge in [0.25, 0.3) is 0 Å². The largest absolute Gasteiger partial charge is 0.355 e. The number of carbonyl (C=O) groups excluding carboxylic acids is 2. The molecule has 0 heterocycles. The summed E-state index contributed by atoms with van der Waals surface area (Å²) < 4.78 is 0. The lowest BCUT2D eigenvalue weighted by molar-refractivity contribution is -0.138. The second-order valence-corrected chi connectivity index (χ2v) is 7.24. The lowest BCUT2D eigenvalue weighted by Crippen LogP contribution is -2.45. The minimum absolute atomic E-state index is 0.230. The first kappa shape index (κ1) is 19.2. The zero-order chi connectivity index (χ0) is 18.3. The normalized spacial score (nSPS) is 14.6. The van der Waals surface area contributed by atoms with Gasteiger partial charge in [0.15, 0.2) is 0 Å². The first-order valence-corrected chi connectivity index (χ1v) is 9.30. The number of hydrogen-bond donors (Lipinski definition) is 2. The Morgan fingerprint density at radius 1 is 1.08 bits per heavy atom. The van der Waals surface area contributed by atoms with Gasteiger partial charge in [0, 0.05) is 12.2 Å². The zero-order valence-corrected chi connectivity index (χ0v) is 15.7. The van der Waals surface area contributed by atoms with Crippen molar-refractivity contribution in [2.75, 3.05) is 11.9 Å². The fraction of sp³-hybridized carbons (Fsp3) is 0.524. The van der Waals surface area contributed by atoms with Crippen molar-refractivity contribution in [3.63, 3.8) is 0 Å². The van der Waals surface area contributed by atoms with Gasteiger partial charge in [-0.1, -0.05) is 30.7 Å².